The maximum atomic E-state index is 4.45. The number of hydrogen-bond donors (Lipinski definition) is 0. The summed E-state index contributed by atoms with van der Waals surface area (Å²) in [5.41, 5.74) is 4.02. The zero-order valence-corrected chi connectivity index (χ0v) is 10.9. The summed E-state index contributed by atoms with van der Waals surface area (Å²) in [7, 11) is 0. The molecule has 5 heteroatoms. The van der Waals surface area contributed by atoms with Gasteiger partial charge < -0.3 is 0 Å². The second kappa shape index (κ2) is 5.18. The number of nitrogens with zero attached hydrogens (tertiary/aromatic N) is 4. The smallest absolute Gasteiger partial charge is 0.116 e. The van der Waals surface area contributed by atoms with Gasteiger partial charge in [0.15, 0.2) is 0 Å². The summed E-state index contributed by atoms with van der Waals surface area (Å²) in [5.74, 6) is 0. The van der Waals surface area contributed by atoms with E-state index in [4.69, 9.17) is 0 Å². The van der Waals surface area contributed by atoms with Crippen molar-refractivity contribution in [3.63, 3.8) is 0 Å². The van der Waals surface area contributed by atoms with Crippen LogP contribution in [0.5, 0.6) is 0 Å². The molecule has 3 rings (SSSR count). The van der Waals surface area contributed by atoms with Crippen LogP contribution in [0.15, 0.2) is 62.6 Å². The number of aliphatic imine (C=N–C) groups is 1. The Balaban J connectivity index is 2.18. The van der Waals surface area contributed by atoms with Crippen LogP contribution in [-0.4, -0.2) is 16.2 Å². The molecule has 19 heavy (non-hydrogen) atoms. The average Bonchev–Trinajstić information content (AvgIpc) is 2.59. The number of rotatable bonds is 0. The Morgan fingerprint density at radius 2 is 2.32 bits per heavy atom. The van der Waals surface area contributed by atoms with Gasteiger partial charge in [-0.2, -0.15) is 0 Å². The van der Waals surface area contributed by atoms with Crippen molar-refractivity contribution >= 4 is 24.1 Å². The van der Waals surface area contributed by atoms with Crippen LogP contribution in [0.2, 0.25) is 0 Å². The maximum absolute atomic E-state index is 4.45. The van der Waals surface area contributed by atoms with Crippen molar-refractivity contribution in [1.82, 2.24) is 9.97 Å². The first-order valence-corrected chi connectivity index (χ1v) is 6.54. The Morgan fingerprint density at radius 3 is 3.26 bits per heavy atom. The number of thioether (sulfide) groups is 1. The number of hydrogen-bond acceptors (Lipinski definition) is 5. The predicted octanol–water partition coefficient (Wildman–Crippen LogP) is 1.49. The maximum Gasteiger partial charge on any atom is 0.116 e. The lowest BCUT2D eigenvalue weighted by molar-refractivity contribution is 1.05. The molecule has 0 amide bonds. The van der Waals surface area contributed by atoms with Gasteiger partial charge in [-0.05, 0) is 12.2 Å². The van der Waals surface area contributed by atoms with Crippen LogP contribution in [0.25, 0.3) is 6.08 Å². The lowest BCUT2D eigenvalue weighted by atomic mass is 10.2. The molecule has 1 aromatic heterocycles. The molecule has 0 radical (unpaired) electrons. The number of allylic oxidation sites excluding steroid dienone is 2. The van der Waals surface area contributed by atoms with Gasteiger partial charge in [0, 0.05) is 17.5 Å². The Kier molecular flexibility index (Phi) is 3.23. The van der Waals surface area contributed by atoms with Crippen molar-refractivity contribution in [2.45, 2.75) is 6.42 Å². The second-order valence-electron chi connectivity index (χ2n) is 3.88. The molecule has 2 aliphatic rings. The van der Waals surface area contributed by atoms with Gasteiger partial charge in [-0.15, -0.1) is 5.73 Å². The van der Waals surface area contributed by atoms with E-state index in [0.29, 0.717) is 11.4 Å². The number of aromatic nitrogens is 2. The van der Waals surface area contributed by atoms with Gasteiger partial charge in [-0.3, -0.25) is 4.99 Å². The minimum atomic E-state index is 0.689. The summed E-state index contributed by atoms with van der Waals surface area (Å²) in [6.07, 6.45) is 11.3. The molecule has 4 nitrogen and oxygen atoms in total. The highest BCUT2D eigenvalue weighted by molar-refractivity contribution is 8.06. The van der Waals surface area contributed by atoms with Crippen LogP contribution in [0.4, 0.5) is 0 Å². The third-order valence-corrected chi connectivity index (χ3v) is 3.48. The quantitative estimate of drug-likeness (QED) is 0.669. The van der Waals surface area contributed by atoms with E-state index in [1.165, 1.54) is 18.1 Å². The molecule has 0 unspecified atom stereocenters. The molecule has 3 heterocycles. The average molecular weight is 266 g/mol. The molecule has 0 atom stereocenters. The van der Waals surface area contributed by atoms with Crippen LogP contribution in [0.3, 0.4) is 0 Å². The van der Waals surface area contributed by atoms with Crippen molar-refractivity contribution in [1.29, 1.82) is 0 Å². The largest absolute Gasteiger partial charge is 0.259 e. The Morgan fingerprint density at radius 1 is 1.37 bits per heavy atom. The SMILES string of the molecule is C=C1/N=c2/cncn/c2=C/CC2=C(C=C=CC=N2)S1. The van der Waals surface area contributed by atoms with Crippen molar-refractivity contribution in [2.24, 2.45) is 9.98 Å². The zero-order valence-electron chi connectivity index (χ0n) is 10.1. The van der Waals surface area contributed by atoms with E-state index in [1.807, 2.05) is 12.2 Å². The summed E-state index contributed by atoms with van der Waals surface area (Å²) in [4.78, 5) is 18.1. The van der Waals surface area contributed by atoms with E-state index in [-0.39, 0.29) is 0 Å². The molecule has 1 aromatic rings. The van der Waals surface area contributed by atoms with Gasteiger partial charge in [-0.1, -0.05) is 24.4 Å². The highest BCUT2D eigenvalue weighted by Crippen LogP contribution is 2.31. The Bertz CT molecular complexity index is 780. The predicted molar refractivity (Wildman–Crippen MR) is 76.8 cm³/mol. The summed E-state index contributed by atoms with van der Waals surface area (Å²) >= 11 is 1.49. The fraction of sp³-hybridized carbons (Fsp3) is 0.0714. The lowest BCUT2D eigenvalue weighted by Gasteiger charge is -2.03. The van der Waals surface area contributed by atoms with Gasteiger partial charge in [0.2, 0.25) is 0 Å². The highest BCUT2D eigenvalue weighted by Gasteiger charge is 2.08. The summed E-state index contributed by atoms with van der Waals surface area (Å²) in [6.45, 7) is 3.96. The first kappa shape index (κ1) is 11.8. The Labute approximate surface area is 114 Å². The molecule has 0 saturated carbocycles. The first-order chi connectivity index (χ1) is 9.33. The van der Waals surface area contributed by atoms with E-state index >= 15 is 0 Å². The summed E-state index contributed by atoms with van der Waals surface area (Å²) in [5, 5.41) is 2.23. The molecule has 0 spiro atoms. The van der Waals surface area contributed by atoms with Crippen LogP contribution in [0.1, 0.15) is 6.42 Å². The van der Waals surface area contributed by atoms with Crippen LogP contribution in [-0.2, 0) is 0 Å². The molecule has 2 aliphatic heterocycles. The zero-order chi connectivity index (χ0) is 13.1. The van der Waals surface area contributed by atoms with Gasteiger partial charge in [0.25, 0.3) is 0 Å². The molecular formula is C14H10N4S. The third-order valence-electron chi connectivity index (χ3n) is 2.58. The Hall–Kier alpha value is -2.23. The third kappa shape index (κ3) is 2.62. The first-order valence-electron chi connectivity index (χ1n) is 5.73. The van der Waals surface area contributed by atoms with Crippen molar-refractivity contribution in [3.05, 3.63) is 63.3 Å². The van der Waals surface area contributed by atoms with E-state index in [2.05, 4.69) is 32.3 Å². The van der Waals surface area contributed by atoms with Crippen LogP contribution < -0.4 is 10.7 Å². The fourth-order valence-corrected chi connectivity index (χ4v) is 2.51. The minimum absolute atomic E-state index is 0.689. The molecule has 92 valence electrons. The van der Waals surface area contributed by atoms with E-state index in [0.717, 1.165) is 21.3 Å². The molecule has 0 saturated heterocycles. The van der Waals surface area contributed by atoms with E-state index < -0.39 is 0 Å². The monoisotopic (exact) mass is 266 g/mol. The van der Waals surface area contributed by atoms with Gasteiger partial charge in [0.1, 0.15) is 11.7 Å². The molecule has 0 bridgehead atoms. The highest BCUT2D eigenvalue weighted by atomic mass is 32.2. The van der Waals surface area contributed by atoms with E-state index in [9.17, 15) is 0 Å². The van der Waals surface area contributed by atoms with Gasteiger partial charge >= 0.3 is 0 Å². The number of fused-ring (bicyclic) bond motifs is 1. The second-order valence-corrected chi connectivity index (χ2v) is 4.99. The topological polar surface area (TPSA) is 50.5 Å². The normalized spacial score (nSPS) is 20.9. The van der Waals surface area contributed by atoms with E-state index in [1.54, 1.807) is 18.5 Å². The summed E-state index contributed by atoms with van der Waals surface area (Å²) in [6, 6.07) is 0. The van der Waals surface area contributed by atoms with Crippen molar-refractivity contribution in [3.8, 4) is 0 Å². The minimum Gasteiger partial charge on any atom is -0.259 e. The van der Waals surface area contributed by atoms with Crippen LogP contribution in [0, 0.1) is 0 Å². The fourth-order valence-electron chi connectivity index (χ4n) is 1.74. The summed E-state index contributed by atoms with van der Waals surface area (Å²) < 4.78 is 0. The molecule has 0 aromatic carbocycles. The molecule has 0 aliphatic carbocycles. The van der Waals surface area contributed by atoms with Gasteiger partial charge in [0.05, 0.1) is 22.3 Å². The van der Waals surface area contributed by atoms with Crippen LogP contribution >= 0.6 is 11.8 Å². The standard InChI is InChI=1S/C14H10N4S/c1-10-18-13-8-15-9-17-11(13)5-6-12-14(19-10)4-2-3-7-16-12/h3-5,7-9H,1,6H2/b11-5+,18-13-. The molecule has 0 fully saturated rings. The van der Waals surface area contributed by atoms with Gasteiger partial charge in [-0.25, -0.2) is 15.0 Å². The molecular weight excluding hydrogens is 256 g/mol. The lowest BCUT2D eigenvalue weighted by Crippen LogP contribution is -2.28. The van der Waals surface area contributed by atoms with Crippen molar-refractivity contribution < 1.29 is 0 Å². The molecule has 0 N–H and O–H groups in total. The van der Waals surface area contributed by atoms with Crippen molar-refractivity contribution in [2.75, 3.05) is 0 Å².